The van der Waals surface area contributed by atoms with Gasteiger partial charge in [0.25, 0.3) is 0 Å². The Kier molecular flexibility index (Phi) is 7.04. The predicted octanol–water partition coefficient (Wildman–Crippen LogP) is 16.7. The highest BCUT2D eigenvalue weighted by Crippen LogP contribution is 2.54. The Labute approximate surface area is 368 Å². The van der Waals surface area contributed by atoms with Gasteiger partial charge in [-0.2, -0.15) is 0 Å². The summed E-state index contributed by atoms with van der Waals surface area (Å²) < 4.78 is 15.8. The number of nitrogens with zero attached hydrogens (tertiary/aromatic N) is 3. The molecule has 1 aliphatic heterocycles. The molecule has 64 heavy (non-hydrogen) atoms. The summed E-state index contributed by atoms with van der Waals surface area (Å²) in [5.74, 6) is 1.59. The average molecular weight is 822 g/mol. The number of hydrogen-bond acceptors (Lipinski definition) is 4. The summed E-state index contributed by atoms with van der Waals surface area (Å²) in [7, 11) is 0. The van der Waals surface area contributed by atoms with E-state index in [0.717, 1.165) is 94.6 Å². The van der Waals surface area contributed by atoms with Crippen LogP contribution in [-0.4, -0.2) is 9.38 Å². The summed E-state index contributed by atoms with van der Waals surface area (Å²) in [6.45, 7) is 6.85. The van der Waals surface area contributed by atoms with Gasteiger partial charge >= 0.3 is 0 Å². The first-order chi connectivity index (χ1) is 31.3. The van der Waals surface area contributed by atoms with Gasteiger partial charge in [0.15, 0.2) is 11.5 Å². The number of rotatable bonds is 2. The van der Waals surface area contributed by atoms with Gasteiger partial charge in [-0.25, -0.2) is 4.98 Å². The number of para-hydroxylation sites is 4. The van der Waals surface area contributed by atoms with Gasteiger partial charge in [0.1, 0.15) is 16.8 Å². The maximum Gasteiger partial charge on any atom is 0.152 e. The van der Waals surface area contributed by atoms with E-state index in [1.807, 2.05) is 12.1 Å². The fourth-order valence-corrected chi connectivity index (χ4v) is 10.5. The van der Waals surface area contributed by atoms with Crippen molar-refractivity contribution in [2.75, 3.05) is 4.90 Å². The zero-order valence-electron chi connectivity index (χ0n) is 35.5. The quantitative estimate of drug-likeness (QED) is 0.163. The first-order valence-electron chi connectivity index (χ1n) is 22.0. The molecule has 10 aromatic carbocycles. The van der Waals surface area contributed by atoms with Crippen LogP contribution in [0.1, 0.15) is 26.3 Å². The third-order valence-electron chi connectivity index (χ3n) is 13.7. The van der Waals surface area contributed by atoms with E-state index < -0.39 is 0 Å². The number of hydrogen-bond donors (Lipinski definition) is 0. The number of fused-ring (bicyclic) bond motifs is 19. The second kappa shape index (κ2) is 12.7. The lowest BCUT2D eigenvalue weighted by atomic mass is 9.84. The number of anilines is 3. The van der Waals surface area contributed by atoms with Crippen LogP contribution in [0.25, 0.3) is 104 Å². The maximum absolute atomic E-state index is 7.14. The summed E-state index contributed by atoms with van der Waals surface area (Å²) in [6.07, 6.45) is 0. The topological polar surface area (TPSA) is 42.9 Å². The van der Waals surface area contributed by atoms with Gasteiger partial charge in [0.2, 0.25) is 0 Å². The number of imidazole rings is 1. The van der Waals surface area contributed by atoms with E-state index >= 15 is 0 Å². The number of benzene rings is 10. The molecule has 0 spiro atoms. The Hall–Kier alpha value is -8.15. The van der Waals surface area contributed by atoms with Crippen LogP contribution >= 0.6 is 0 Å². The van der Waals surface area contributed by atoms with Crippen LogP contribution in [0.2, 0.25) is 0 Å². The molecule has 0 atom stereocenters. The van der Waals surface area contributed by atoms with Gasteiger partial charge in [-0.05, 0) is 145 Å². The Bertz CT molecular complexity index is 4170. The molecule has 0 unspecified atom stereocenters. The van der Waals surface area contributed by atoms with Crippen molar-refractivity contribution in [3.63, 3.8) is 0 Å². The molecule has 0 aliphatic carbocycles. The molecule has 3 aromatic heterocycles. The monoisotopic (exact) mass is 821 g/mol. The molecule has 0 saturated carbocycles. The van der Waals surface area contributed by atoms with Crippen LogP contribution in [0.4, 0.5) is 17.1 Å². The van der Waals surface area contributed by atoms with Crippen molar-refractivity contribution >= 4 is 110 Å². The lowest BCUT2D eigenvalue weighted by Gasteiger charge is -2.34. The van der Waals surface area contributed by atoms with Crippen LogP contribution in [-0.2, 0) is 5.41 Å². The number of pyridine rings is 1. The van der Waals surface area contributed by atoms with Gasteiger partial charge in [0.05, 0.1) is 27.9 Å². The Morgan fingerprint density at radius 3 is 1.88 bits per heavy atom. The zero-order chi connectivity index (χ0) is 42.4. The number of furan rings is 1. The van der Waals surface area contributed by atoms with E-state index in [0.29, 0.717) is 0 Å². The van der Waals surface area contributed by atoms with Crippen LogP contribution in [0, 0.1) is 0 Å². The summed E-state index contributed by atoms with van der Waals surface area (Å²) in [4.78, 5) is 7.60. The van der Waals surface area contributed by atoms with E-state index in [1.165, 1.54) is 43.3 Å². The molecular formula is C59H39N3O2. The normalized spacial score (nSPS) is 13.0. The molecule has 13 aromatic rings. The van der Waals surface area contributed by atoms with Crippen molar-refractivity contribution in [3.8, 4) is 22.6 Å². The Morgan fingerprint density at radius 1 is 0.422 bits per heavy atom. The van der Waals surface area contributed by atoms with E-state index in [-0.39, 0.29) is 5.41 Å². The fourth-order valence-electron chi connectivity index (χ4n) is 10.5. The molecule has 0 amide bonds. The van der Waals surface area contributed by atoms with Crippen molar-refractivity contribution in [2.45, 2.75) is 26.2 Å². The van der Waals surface area contributed by atoms with Crippen molar-refractivity contribution < 1.29 is 9.15 Å². The molecule has 0 fully saturated rings. The lowest BCUT2D eigenvalue weighted by Crippen LogP contribution is -2.16. The van der Waals surface area contributed by atoms with Gasteiger partial charge in [-0.3, -0.25) is 4.40 Å². The lowest BCUT2D eigenvalue weighted by molar-refractivity contribution is 0.478. The van der Waals surface area contributed by atoms with Crippen LogP contribution < -0.4 is 9.64 Å². The maximum atomic E-state index is 7.14. The molecule has 5 heteroatoms. The largest absolute Gasteiger partial charge is 0.456 e. The van der Waals surface area contributed by atoms with Crippen LogP contribution in [0.5, 0.6) is 11.5 Å². The molecule has 0 saturated heterocycles. The first-order valence-corrected chi connectivity index (χ1v) is 22.0. The van der Waals surface area contributed by atoms with E-state index in [4.69, 9.17) is 14.1 Å². The highest BCUT2D eigenvalue weighted by molar-refractivity contribution is 6.26. The third-order valence-corrected chi connectivity index (χ3v) is 13.7. The molecule has 0 radical (unpaired) electrons. The molecule has 0 bridgehead atoms. The molecule has 14 rings (SSSR count). The second-order valence-electron chi connectivity index (χ2n) is 18.4. The molecule has 1 aliphatic rings. The first kappa shape index (κ1) is 35.4. The van der Waals surface area contributed by atoms with Crippen LogP contribution in [0.15, 0.2) is 186 Å². The van der Waals surface area contributed by atoms with Crippen molar-refractivity contribution in [2.24, 2.45) is 0 Å². The summed E-state index contributed by atoms with van der Waals surface area (Å²) in [5, 5.41) is 13.0. The zero-order valence-corrected chi connectivity index (χ0v) is 35.5. The van der Waals surface area contributed by atoms with Crippen LogP contribution in [0.3, 0.4) is 0 Å². The highest BCUT2D eigenvalue weighted by Gasteiger charge is 2.29. The minimum absolute atomic E-state index is 0.0160. The SMILES string of the molecule is CC(C)(C)c1ccc2c(c1)c1ccccc1c1cc3c(cc21)Oc1cc(-c2ccc4c(c2)oc2ccccc24)ccc1N3c1ccc2c(c1)c1ccccc1n1c3ccccc3nc21. The summed E-state index contributed by atoms with van der Waals surface area (Å²) in [6, 6.07) is 65.7. The molecule has 4 heterocycles. The molecule has 5 nitrogen and oxygen atoms in total. The van der Waals surface area contributed by atoms with E-state index in [9.17, 15) is 0 Å². The summed E-state index contributed by atoms with van der Waals surface area (Å²) in [5.41, 5.74) is 12.4. The van der Waals surface area contributed by atoms with Crippen molar-refractivity contribution in [1.29, 1.82) is 0 Å². The second-order valence-corrected chi connectivity index (χ2v) is 18.4. The standard InChI is InChI=1S/C59H39N3O2/c1-59(2,3)36-22-25-40-45(30-36)38-12-4-5-13-39(38)47-32-53-57(33-48(40)47)64-56-29-35(34-20-24-43-42-15-7-11-19-54(42)63-55(43)28-34)21-27-52(56)61(53)37-23-26-44-46(31-37)41-14-6-9-17-50(41)62-51-18-10-8-16-49(51)60-58(44)62/h4-33H,1-3H3. The summed E-state index contributed by atoms with van der Waals surface area (Å²) >= 11 is 0. The molecule has 0 N–H and O–H groups in total. The smallest absolute Gasteiger partial charge is 0.152 e. The minimum atomic E-state index is 0.0160. The van der Waals surface area contributed by atoms with E-state index in [2.05, 4.69) is 200 Å². The Morgan fingerprint density at radius 2 is 1.03 bits per heavy atom. The van der Waals surface area contributed by atoms with Crippen molar-refractivity contribution in [1.82, 2.24) is 9.38 Å². The Balaban J connectivity index is 1.03. The number of aromatic nitrogens is 2. The van der Waals surface area contributed by atoms with Gasteiger partial charge in [0, 0.05) is 27.2 Å². The van der Waals surface area contributed by atoms with Gasteiger partial charge in [-0.15, -0.1) is 0 Å². The highest BCUT2D eigenvalue weighted by atomic mass is 16.5. The van der Waals surface area contributed by atoms with Gasteiger partial charge in [-0.1, -0.05) is 118 Å². The predicted molar refractivity (Wildman–Crippen MR) is 266 cm³/mol. The number of ether oxygens (including phenoxy) is 1. The third kappa shape index (κ3) is 4.98. The van der Waals surface area contributed by atoms with E-state index in [1.54, 1.807) is 0 Å². The van der Waals surface area contributed by atoms with Crippen molar-refractivity contribution in [3.05, 3.63) is 188 Å². The molecular weight excluding hydrogens is 783 g/mol. The fraction of sp³-hybridized carbons (Fsp3) is 0.0678. The minimum Gasteiger partial charge on any atom is -0.456 e. The molecule has 302 valence electrons. The van der Waals surface area contributed by atoms with Gasteiger partial charge < -0.3 is 14.1 Å². The average Bonchev–Trinajstić information content (AvgIpc) is 3.91.